The Kier molecular flexibility index (Phi) is 4.88. The fourth-order valence-electron chi connectivity index (χ4n) is 2.86. The number of fused-ring (bicyclic) bond motifs is 1. The highest BCUT2D eigenvalue weighted by atomic mass is 32.1. The van der Waals surface area contributed by atoms with Gasteiger partial charge in [-0.2, -0.15) is 5.10 Å². The molecule has 9 heteroatoms. The molecule has 2 aromatic heterocycles. The molecule has 0 saturated carbocycles. The van der Waals surface area contributed by atoms with Crippen LogP contribution >= 0.6 is 11.3 Å². The molecule has 0 unspecified atom stereocenters. The van der Waals surface area contributed by atoms with Crippen LogP contribution in [0.15, 0.2) is 64.8 Å². The monoisotopic (exact) mass is 405 g/mol. The van der Waals surface area contributed by atoms with Crippen molar-refractivity contribution in [3.8, 4) is 11.3 Å². The number of nitrogens with one attached hydrogen (secondary N) is 1. The summed E-state index contributed by atoms with van der Waals surface area (Å²) in [6.45, 7) is -0.454. The molecule has 0 bridgehead atoms. The van der Waals surface area contributed by atoms with Crippen LogP contribution in [0.3, 0.4) is 0 Å². The van der Waals surface area contributed by atoms with Gasteiger partial charge in [0.15, 0.2) is 5.13 Å². The van der Waals surface area contributed by atoms with E-state index in [0.717, 1.165) is 10.2 Å². The van der Waals surface area contributed by atoms with E-state index in [-0.39, 0.29) is 10.8 Å². The number of nitrogens with zero attached hydrogens (tertiary/aromatic N) is 3. The second-order valence-electron chi connectivity index (χ2n) is 6.10. The predicted molar refractivity (Wildman–Crippen MR) is 107 cm³/mol. The van der Waals surface area contributed by atoms with E-state index in [4.69, 9.17) is 0 Å². The molecule has 29 heavy (non-hydrogen) atoms. The summed E-state index contributed by atoms with van der Waals surface area (Å²) in [6.07, 6.45) is 0. The third-order valence-corrected chi connectivity index (χ3v) is 4.93. The number of carbonyl (C=O) groups excluding carboxylic acids is 2. The number of aromatic carboxylic acids is 1. The minimum atomic E-state index is -1.53. The van der Waals surface area contributed by atoms with Crippen LogP contribution in [0.1, 0.15) is 10.5 Å². The van der Waals surface area contributed by atoms with Crippen molar-refractivity contribution in [2.45, 2.75) is 6.54 Å². The average Bonchev–Trinajstić information content (AvgIpc) is 3.19. The quantitative estimate of drug-likeness (QED) is 0.538. The molecule has 0 saturated heterocycles. The van der Waals surface area contributed by atoms with Gasteiger partial charge >= 0.3 is 0 Å². The zero-order chi connectivity index (χ0) is 20.4. The summed E-state index contributed by atoms with van der Waals surface area (Å²) in [6, 6.07) is 15.6. The van der Waals surface area contributed by atoms with Gasteiger partial charge in [0, 0.05) is 16.3 Å². The summed E-state index contributed by atoms with van der Waals surface area (Å²) >= 11 is 1.24. The Labute approximate surface area is 168 Å². The minimum absolute atomic E-state index is 0.148. The number of hydrogen-bond donors (Lipinski definition) is 1. The molecule has 4 aromatic rings. The van der Waals surface area contributed by atoms with Crippen molar-refractivity contribution in [1.82, 2.24) is 14.8 Å². The maximum Gasteiger partial charge on any atom is 0.275 e. The Hall–Kier alpha value is -3.85. The molecule has 0 spiro atoms. The van der Waals surface area contributed by atoms with Crippen LogP contribution < -0.4 is 16.0 Å². The van der Waals surface area contributed by atoms with E-state index in [9.17, 15) is 19.5 Å². The van der Waals surface area contributed by atoms with Gasteiger partial charge in [-0.05, 0) is 6.07 Å². The second kappa shape index (κ2) is 7.64. The average molecular weight is 405 g/mol. The summed E-state index contributed by atoms with van der Waals surface area (Å²) in [5.41, 5.74) is 0.667. The number of aromatic nitrogens is 3. The Morgan fingerprint density at radius 1 is 1.03 bits per heavy atom. The number of thiazole rings is 1. The number of rotatable bonds is 5. The van der Waals surface area contributed by atoms with Crippen molar-refractivity contribution >= 4 is 39.1 Å². The van der Waals surface area contributed by atoms with Crippen LogP contribution in [0.5, 0.6) is 0 Å². The van der Waals surface area contributed by atoms with Crippen LogP contribution in [0.25, 0.3) is 22.0 Å². The van der Waals surface area contributed by atoms with Crippen molar-refractivity contribution in [3.05, 3.63) is 76.0 Å². The van der Waals surface area contributed by atoms with Gasteiger partial charge in [0.1, 0.15) is 12.2 Å². The number of amides is 1. The molecule has 144 valence electrons. The fourth-order valence-corrected chi connectivity index (χ4v) is 3.60. The second-order valence-corrected chi connectivity index (χ2v) is 6.95. The standard InChI is InChI=1S/C20H14N4O4S/c25-16(22-20-21-15(11-29-20)12-6-2-1-3-7-12)10-24-18(26)14-9-5-4-8-13(14)17(23-24)19(27)28/h1-9,11H,10H2,(H,27,28)(H,21,22,25)/p-1. The first kappa shape index (κ1) is 18.5. The fraction of sp³-hybridized carbons (Fsp3) is 0.0500. The molecule has 0 aliphatic heterocycles. The Balaban J connectivity index is 1.58. The number of benzene rings is 2. The molecule has 2 aromatic carbocycles. The molecule has 0 fully saturated rings. The molecule has 8 nitrogen and oxygen atoms in total. The number of carbonyl (C=O) groups is 2. The first-order valence-electron chi connectivity index (χ1n) is 8.55. The third kappa shape index (κ3) is 3.76. The van der Waals surface area contributed by atoms with Gasteiger partial charge < -0.3 is 15.2 Å². The highest BCUT2D eigenvalue weighted by molar-refractivity contribution is 7.14. The van der Waals surface area contributed by atoms with E-state index < -0.39 is 29.7 Å². The number of carboxylic acid groups (broad SMARTS) is 1. The maximum atomic E-state index is 12.6. The van der Waals surface area contributed by atoms with Crippen molar-refractivity contribution in [3.63, 3.8) is 0 Å². The number of hydrogen-bond acceptors (Lipinski definition) is 7. The van der Waals surface area contributed by atoms with Gasteiger partial charge in [0.05, 0.1) is 17.0 Å². The summed E-state index contributed by atoms with van der Waals surface area (Å²) in [5.74, 6) is -2.07. The highest BCUT2D eigenvalue weighted by Crippen LogP contribution is 2.24. The zero-order valence-corrected chi connectivity index (χ0v) is 15.7. The Morgan fingerprint density at radius 3 is 2.45 bits per heavy atom. The highest BCUT2D eigenvalue weighted by Gasteiger charge is 2.14. The first-order chi connectivity index (χ1) is 14.0. The summed E-state index contributed by atoms with van der Waals surface area (Å²) in [5, 5.41) is 20.3. The summed E-state index contributed by atoms with van der Waals surface area (Å²) in [4.78, 5) is 40.7. The van der Waals surface area contributed by atoms with E-state index in [2.05, 4.69) is 15.4 Å². The van der Waals surface area contributed by atoms with Gasteiger partial charge in [0.25, 0.3) is 5.56 Å². The minimum Gasteiger partial charge on any atom is -0.543 e. The topological polar surface area (TPSA) is 117 Å². The first-order valence-corrected chi connectivity index (χ1v) is 9.43. The van der Waals surface area contributed by atoms with E-state index in [1.54, 1.807) is 17.5 Å². The molecular formula is C20H13N4O4S-. The smallest absolute Gasteiger partial charge is 0.275 e. The molecule has 2 heterocycles. The van der Waals surface area contributed by atoms with Gasteiger partial charge in [0.2, 0.25) is 5.91 Å². The van der Waals surface area contributed by atoms with Crippen molar-refractivity contribution in [2.24, 2.45) is 0 Å². The van der Waals surface area contributed by atoms with E-state index in [1.165, 1.54) is 23.5 Å². The molecular weight excluding hydrogens is 392 g/mol. The van der Waals surface area contributed by atoms with Crippen molar-refractivity contribution in [1.29, 1.82) is 0 Å². The molecule has 0 radical (unpaired) electrons. The number of anilines is 1. The lowest BCUT2D eigenvalue weighted by atomic mass is 10.1. The predicted octanol–water partition coefficient (Wildman–Crippen LogP) is 1.52. The molecule has 0 aliphatic carbocycles. The summed E-state index contributed by atoms with van der Waals surface area (Å²) < 4.78 is 0.814. The Bertz CT molecular complexity index is 1280. The van der Waals surface area contributed by atoms with Crippen LogP contribution in [0, 0.1) is 0 Å². The molecule has 4 rings (SSSR count). The van der Waals surface area contributed by atoms with E-state index in [0.29, 0.717) is 10.8 Å². The van der Waals surface area contributed by atoms with Gasteiger partial charge in [-0.3, -0.25) is 9.59 Å². The molecule has 1 N–H and O–H groups in total. The van der Waals surface area contributed by atoms with E-state index >= 15 is 0 Å². The lowest BCUT2D eigenvalue weighted by molar-refractivity contribution is -0.255. The van der Waals surface area contributed by atoms with Crippen LogP contribution in [-0.4, -0.2) is 26.6 Å². The third-order valence-electron chi connectivity index (χ3n) is 4.17. The van der Waals surface area contributed by atoms with Crippen molar-refractivity contribution in [2.75, 3.05) is 5.32 Å². The SMILES string of the molecule is O=C(Cn1nc(C(=O)[O-])c2ccccc2c1=O)Nc1nc(-c2ccccc2)cs1. The normalized spacial score (nSPS) is 10.8. The van der Waals surface area contributed by atoms with Crippen LogP contribution in [-0.2, 0) is 11.3 Å². The molecule has 0 atom stereocenters. The lowest BCUT2D eigenvalue weighted by Crippen LogP contribution is -2.34. The van der Waals surface area contributed by atoms with Gasteiger partial charge in [-0.1, -0.05) is 48.5 Å². The Morgan fingerprint density at radius 2 is 1.72 bits per heavy atom. The zero-order valence-electron chi connectivity index (χ0n) is 14.9. The summed E-state index contributed by atoms with van der Waals surface area (Å²) in [7, 11) is 0. The molecule has 1 amide bonds. The maximum absolute atomic E-state index is 12.6. The van der Waals surface area contributed by atoms with Gasteiger partial charge in [-0.15, -0.1) is 11.3 Å². The largest absolute Gasteiger partial charge is 0.543 e. The van der Waals surface area contributed by atoms with Crippen molar-refractivity contribution < 1.29 is 14.7 Å². The lowest BCUT2D eigenvalue weighted by Gasteiger charge is -2.11. The van der Waals surface area contributed by atoms with E-state index in [1.807, 2.05) is 30.3 Å². The van der Waals surface area contributed by atoms with Crippen LogP contribution in [0.2, 0.25) is 0 Å². The number of carboxylic acids is 1. The van der Waals surface area contributed by atoms with Gasteiger partial charge in [-0.25, -0.2) is 9.67 Å². The molecule has 0 aliphatic rings. The van der Waals surface area contributed by atoms with Crippen LogP contribution in [0.4, 0.5) is 5.13 Å².